The van der Waals surface area contributed by atoms with E-state index in [9.17, 15) is 12.6 Å². The molecule has 7 heteroatoms. The first kappa shape index (κ1) is 16.3. The summed E-state index contributed by atoms with van der Waals surface area (Å²) in [6.07, 6.45) is 3.87. The Balaban J connectivity index is 2.24. The molecule has 1 aliphatic carbocycles. The smallest absolute Gasteiger partial charge is 0.150 e. The number of benzene rings is 1. The monoisotopic (exact) mass is 331 g/mol. The fourth-order valence-corrected chi connectivity index (χ4v) is 5.66. The summed E-state index contributed by atoms with van der Waals surface area (Å²) >= 11 is 0. The Labute approximate surface area is 128 Å². The molecule has 0 aliphatic heterocycles. The van der Waals surface area contributed by atoms with Crippen molar-refractivity contribution in [2.45, 2.75) is 41.1 Å². The lowest BCUT2D eigenvalue weighted by Gasteiger charge is -2.27. The van der Waals surface area contributed by atoms with Crippen molar-refractivity contribution in [3.63, 3.8) is 0 Å². The highest BCUT2D eigenvalue weighted by Crippen LogP contribution is 2.32. The minimum absolute atomic E-state index is 0.173. The zero-order valence-electron chi connectivity index (χ0n) is 12.2. The van der Waals surface area contributed by atoms with E-state index in [1.54, 1.807) is 25.3 Å². The van der Waals surface area contributed by atoms with Gasteiger partial charge < -0.3 is 10.5 Å². The molecule has 2 rings (SSSR count). The van der Waals surface area contributed by atoms with Crippen LogP contribution in [-0.2, 0) is 20.6 Å². The number of sulfone groups is 1. The molecule has 0 radical (unpaired) electrons. The van der Waals surface area contributed by atoms with Gasteiger partial charge in [0.1, 0.15) is 15.6 Å². The van der Waals surface area contributed by atoms with E-state index in [1.807, 2.05) is 0 Å². The van der Waals surface area contributed by atoms with E-state index in [-0.39, 0.29) is 5.25 Å². The van der Waals surface area contributed by atoms with Crippen LogP contribution in [0, 0.1) is 0 Å². The average Bonchev–Trinajstić information content (AvgIpc) is 2.46. The number of rotatable bonds is 4. The number of nitrogens with two attached hydrogens (primary N) is 1. The summed E-state index contributed by atoms with van der Waals surface area (Å²) in [7, 11) is -2.87. The molecule has 0 spiro atoms. The molecule has 1 aliphatic rings. The molecule has 0 heterocycles. The highest BCUT2D eigenvalue weighted by atomic mass is 32.2. The SMILES string of the molecule is COc1ccc(N)c(S(=O)C2CCCC(S(C)(=O)=O)C2)c1. The van der Waals surface area contributed by atoms with Crippen LogP contribution in [0.2, 0.25) is 0 Å². The van der Waals surface area contributed by atoms with Gasteiger partial charge in [0, 0.05) is 17.2 Å². The summed E-state index contributed by atoms with van der Waals surface area (Å²) in [6.45, 7) is 0. The Morgan fingerprint density at radius 2 is 2.05 bits per heavy atom. The topological polar surface area (TPSA) is 86.5 Å². The molecule has 118 valence electrons. The lowest BCUT2D eigenvalue weighted by molar-refractivity contribution is 0.413. The Kier molecular flexibility index (Phi) is 4.93. The van der Waals surface area contributed by atoms with E-state index < -0.39 is 25.9 Å². The first-order chi connectivity index (χ1) is 9.82. The largest absolute Gasteiger partial charge is 0.497 e. The highest BCUT2D eigenvalue weighted by molar-refractivity contribution is 7.91. The summed E-state index contributed by atoms with van der Waals surface area (Å²) in [5.41, 5.74) is 6.36. The van der Waals surface area contributed by atoms with Crippen LogP contribution in [0.1, 0.15) is 25.7 Å². The Morgan fingerprint density at radius 3 is 2.67 bits per heavy atom. The molecule has 21 heavy (non-hydrogen) atoms. The quantitative estimate of drug-likeness (QED) is 0.849. The van der Waals surface area contributed by atoms with Crippen molar-refractivity contribution in [3.8, 4) is 5.75 Å². The fourth-order valence-electron chi connectivity index (χ4n) is 2.68. The summed E-state index contributed by atoms with van der Waals surface area (Å²) in [4.78, 5) is 0.536. The predicted molar refractivity (Wildman–Crippen MR) is 84.7 cm³/mol. The second-order valence-corrected chi connectivity index (χ2v) is 9.47. The molecule has 5 nitrogen and oxygen atoms in total. The van der Waals surface area contributed by atoms with Crippen LogP contribution in [0.3, 0.4) is 0 Å². The summed E-state index contributed by atoms with van der Waals surface area (Å²) < 4.78 is 41.3. The molecule has 1 aromatic carbocycles. The minimum atomic E-state index is -3.09. The van der Waals surface area contributed by atoms with Crippen molar-refractivity contribution >= 4 is 26.3 Å². The number of hydrogen-bond acceptors (Lipinski definition) is 5. The van der Waals surface area contributed by atoms with E-state index in [1.165, 1.54) is 6.26 Å². The van der Waals surface area contributed by atoms with Crippen molar-refractivity contribution in [2.75, 3.05) is 19.1 Å². The van der Waals surface area contributed by atoms with Gasteiger partial charge in [-0.25, -0.2) is 8.42 Å². The summed E-state index contributed by atoms with van der Waals surface area (Å²) in [6, 6.07) is 5.06. The van der Waals surface area contributed by atoms with Gasteiger partial charge in [-0.05, 0) is 37.5 Å². The van der Waals surface area contributed by atoms with E-state index in [0.29, 0.717) is 29.2 Å². The van der Waals surface area contributed by atoms with Crippen LogP contribution in [0.15, 0.2) is 23.1 Å². The maximum absolute atomic E-state index is 12.7. The third-order valence-corrected chi connectivity index (χ3v) is 7.38. The summed E-state index contributed by atoms with van der Waals surface area (Å²) in [5.74, 6) is 0.600. The van der Waals surface area contributed by atoms with Gasteiger partial charge in [-0.15, -0.1) is 0 Å². The van der Waals surface area contributed by atoms with Gasteiger partial charge >= 0.3 is 0 Å². The van der Waals surface area contributed by atoms with Gasteiger partial charge in [-0.1, -0.05) is 6.42 Å². The van der Waals surface area contributed by atoms with Crippen LogP contribution in [-0.4, -0.2) is 36.5 Å². The number of ether oxygens (including phenoxy) is 1. The minimum Gasteiger partial charge on any atom is -0.497 e. The van der Waals surface area contributed by atoms with E-state index >= 15 is 0 Å². The number of nitrogen functional groups attached to an aromatic ring is 1. The van der Waals surface area contributed by atoms with Gasteiger partial charge in [0.05, 0.1) is 28.1 Å². The molecule has 1 aromatic rings. The molecule has 0 amide bonds. The van der Waals surface area contributed by atoms with Crippen LogP contribution in [0.5, 0.6) is 5.75 Å². The van der Waals surface area contributed by atoms with E-state index in [0.717, 1.165) is 12.8 Å². The third-order valence-electron chi connectivity index (χ3n) is 3.92. The molecule has 2 N–H and O–H groups in total. The first-order valence-corrected chi connectivity index (χ1v) is 10.0. The fraction of sp³-hybridized carbons (Fsp3) is 0.571. The van der Waals surface area contributed by atoms with E-state index in [4.69, 9.17) is 10.5 Å². The first-order valence-electron chi connectivity index (χ1n) is 6.86. The van der Waals surface area contributed by atoms with Crippen molar-refractivity contribution in [2.24, 2.45) is 0 Å². The Morgan fingerprint density at radius 1 is 1.33 bits per heavy atom. The van der Waals surface area contributed by atoms with Crippen molar-refractivity contribution in [1.82, 2.24) is 0 Å². The van der Waals surface area contributed by atoms with Gasteiger partial charge in [0.2, 0.25) is 0 Å². The molecular formula is C14H21NO4S2. The molecule has 3 atom stereocenters. The van der Waals surface area contributed by atoms with Gasteiger partial charge in [0.25, 0.3) is 0 Å². The lowest BCUT2D eigenvalue weighted by Crippen LogP contribution is -2.32. The lowest BCUT2D eigenvalue weighted by atomic mass is 10.00. The normalized spacial score (nSPS) is 24.5. The summed E-state index contributed by atoms with van der Waals surface area (Å²) in [5, 5.41) is -0.570. The second-order valence-electron chi connectivity index (χ2n) is 5.44. The van der Waals surface area contributed by atoms with Crippen molar-refractivity contribution in [1.29, 1.82) is 0 Å². The molecule has 1 saturated carbocycles. The molecule has 0 aromatic heterocycles. The Hall–Kier alpha value is -1.08. The Bertz CT molecular complexity index is 642. The van der Waals surface area contributed by atoms with Gasteiger partial charge in [0.15, 0.2) is 0 Å². The standard InChI is InChI=1S/C14H21NO4S2/c1-19-10-6-7-13(15)14(8-10)20(16)11-4-3-5-12(9-11)21(2,17)18/h6-8,11-12H,3-5,9,15H2,1-2H3. The number of anilines is 1. The molecule has 3 unspecified atom stereocenters. The van der Waals surface area contributed by atoms with Gasteiger partial charge in [-0.3, -0.25) is 4.21 Å². The van der Waals surface area contributed by atoms with Crippen LogP contribution >= 0.6 is 0 Å². The maximum Gasteiger partial charge on any atom is 0.150 e. The van der Waals surface area contributed by atoms with E-state index in [2.05, 4.69) is 0 Å². The predicted octanol–water partition coefficient (Wildman–Crippen LogP) is 1.74. The average molecular weight is 331 g/mol. The van der Waals surface area contributed by atoms with Gasteiger partial charge in [-0.2, -0.15) is 0 Å². The van der Waals surface area contributed by atoms with Crippen molar-refractivity contribution < 1.29 is 17.4 Å². The van der Waals surface area contributed by atoms with Crippen LogP contribution in [0.25, 0.3) is 0 Å². The van der Waals surface area contributed by atoms with Crippen molar-refractivity contribution in [3.05, 3.63) is 18.2 Å². The molecule has 0 bridgehead atoms. The van der Waals surface area contributed by atoms with Crippen LogP contribution in [0.4, 0.5) is 5.69 Å². The zero-order chi connectivity index (χ0) is 15.6. The van der Waals surface area contributed by atoms with Crippen LogP contribution < -0.4 is 10.5 Å². The third kappa shape index (κ3) is 3.77. The highest BCUT2D eigenvalue weighted by Gasteiger charge is 2.32. The number of hydrogen-bond donors (Lipinski definition) is 1. The molecule has 1 fully saturated rings. The zero-order valence-corrected chi connectivity index (χ0v) is 13.9. The second kappa shape index (κ2) is 6.36. The molecule has 0 saturated heterocycles. The molecular weight excluding hydrogens is 310 g/mol. The number of methoxy groups -OCH3 is 1. The maximum atomic E-state index is 12.7.